The second kappa shape index (κ2) is 8.37. The van der Waals surface area contributed by atoms with E-state index in [0.717, 1.165) is 0 Å². The Balaban J connectivity index is 1.84. The first-order valence-corrected chi connectivity index (χ1v) is 8.19. The number of hydrogen-bond acceptors (Lipinski definition) is 8. The molecule has 0 saturated heterocycles. The topological polar surface area (TPSA) is 118 Å². The summed E-state index contributed by atoms with van der Waals surface area (Å²) in [5.74, 6) is -0.536. The minimum atomic E-state index is -0.910. The van der Waals surface area contributed by atoms with Crippen molar-refractivity contribution in [3.05, 3.63) is 63.6 Å². The fraction of sp³-hybridized carbons (Fsp3) is 0.176. The summed E-state index contributed by atoms with van der Waals surface area (Å²) >= 11 is 5.82. The van der Waals surface area contributed by atoms with Gasteiger partial charge >= 0.3 is 5.97 Å². The number of hydrogen-bond donors (Lipinski definition) is 0. The van der Waals surface area contributed by atoms with Gasteiger partial charge in [0.1, 0.15) is 0 Å². The maximum atomic E-state index is 12.4. The Labute approximate surface area is 157 Å². The van der Waals surface area contributed by atoms with Crippen LogP contribution in [0.3, 0.4) is 0 Å². The molecule has 3 aromatic rings. The summed E-state index contributed by atoms with van der Waals surface area (Å²) in [4.78, 5) is 26.6. The van der Waals surface area contributed by atoms with Crippen molar-refractivity contribution in [2.75, 3.05) is 13.2 Å². The zero-order valence-corrected chi connectivity index (χ0v) is 14.5. The van der Waals surface area contributed by atoms with E-state index in [2.05, 4.69) is 9.99 Å². The number of halogens is 1. The molecule has 0 fully saturated rings. The molecule has 2 aromatic heterocycles. The van der Waals surface area contributed by atoms with Crippen LogP contribution in [0.2, 0.25) is 5.22 Å². The van der Waals surface area contributed by atoms with Gasteiger partial charge in [0.15, 0.2) is 16.7 Å². The summed E-state index contributed by atoms with van der Waals surface area (Å²) in [6.07, 6.45) is 0.155. The van der Waals surface area contributed by atoms with Crippen LogP contribution < -0.4 is 0 Å². The van der Waals surface area contributed by atoms with Crippen molar-refractivity contribution in [2.24, 2.45) is 0 Å². The van der Waals surface area contributed by atoms with E-state index in [9.17, 15) is 14.9 Å². The van der Waals surface area contributed by atoms with Crippen molar-refractivity contribution in [1.82, 2.24) is 5.16 Å². The number of benzene rings is 1. The molecule has 0 saturated carbocycles. The molecule has 0 aliphatic heterocycles. The lowest BCUT2D eigenvalue weighted by atomic mass is 10.0. The zero-order valence-electron chi connectivity index (χ0n) is 13.8. The lowest BCUT2D eigenvalue weighted by Gasteiger charge is -2.05. The number of aromatic nitrogens is 1. The molecule has 1 aromatic carbocycles. The van der Waals surface area contributed by atoms with Gasteiger partial charge in [-0.15, -0.1) is 10.1 Å². The third-order valence-corrected chi connectivity index (χ3v) is 3.67. The van der Waals surface area contributed by atoms with Crippen LogP contribution in [0.25, 0.3) is 22.6 Å². The number of ether oxygens (including phenoxy) is 1. The van der Waals surface area contributed by atoms with Crippen molar-refractivity contribution in [3.63, 3.8) is 0 Å². The number of rotatable bonds is 8. The first-order chi connectivity index (χ1) is 13.1. The Morgan fingerprint density at radius 3 is 2.63 bits per heavy atom. The van der Waals surface area contributed by atoms with Gasteiger partial charge in [0.25, 0.3) is 10.8 Å². The van der Waals surface area contributed by atoms with Crippen molar-refractivity contribution in [1.29, 1.82) is 0 Å². The van der Waals surface area contributed by atoms with Gasteiger partial charge in [-0.1, -0.05) is 35.5 Å². The molecule has 0 spiro atoms. The largest absolute Gasteiger partial charge is 0.460 e. The molecule has 3 rings (SSSR count). The van der Waals surface area contributed by atoms with Crippen molar-refractivity contribution < 1.29 is 28.4 Å². The van der Waals surface area contributed by atoms with Gasteiger partial charge in [-0.05, 0) is 29.3 Å². The van der Waals surface area contributed by atoms with E-state index in [1.165, 1.54) is 0 Å². The quantitative estimate of drug-likeness (QED) is 0.244. The van der Waals surface area contributed by atoms with E-state index in [-0.39, 0.29) is 30.6 Å². The molecule has 0 radical (unpaired) electrons. The van der Waals surface area contributed by atoms with Crippen molar-refractivity contribution >= 4 is 17.6 Å². The molecule has 0 amide bonds. The van der Waals surface area contributed by atoms with Crippen LogP contribution >= 0.6 is 11.6 Å². The fourth-order valence-electron chi connectivity index (χ4n) is 2.34. The average Bonchev–Trinajstić information content (AvgIpc) is 3.28. The summed E-state index contributed by atoms with van der Waals surface area (Å²) in [6.45, 7) is -0.262. The third-order valence-electron chi connectivity index (χ3n) is 3.47. The maximum absolute atomic E-state index is 12.4. The molecule has 9 nitrogen and oxygen atoms in total. The highest BCUT2D eigenvalue weighted by Gasteiger charge is 2.27. The molecular formula is C17H13ClN2O7. The van der Waals surface area contributed by atoms with Crippen LogP contribution in [-0.4, -0.2) is 29.4 Å². The van der Waals surface area contributed by atoms with Crippen LogP contribution in [0.5, 0.6) is 0 Å². The van der Waals surface area contributed by atoms with Gasteiger partial charge < -0.3 is 18.5 Å². The van der Waals surface area contributed by atoms with Crippen LogP contribution in [0.15, 0.2) is 51.4 Å². The second-order valence-corrected chi connectivity index (χ2v) is 5.62. The Kier molecular flexibility index (Phi) is 5.72. The normalized spacial score (nSPS) is 10.6. The van der Waals surface area contributed by atoms with E-state index >= 15 is 0 Å². The van der Waals surface area contributed by atoms with Gasteiger partial charge in [-0.3, -0.25) is 0 Å². The van der Waals surface area contributed by atoms with E-state index in [4.69, 9.17) is 25.3 Å². The first kappa shape index (κ1) is 18.5. The molecule has 0 atom stereocenters. The lowest BCUT2D eigenvalue weighted by molar-refractivity contribution is -0.757. The third kappa shape index (κ3) is 4.45. The minimum absolute atomic E-state index is 0.0798. The van der Waals surface area contributed by atoms with Gasteiger partial charge in [0, 0.05) is 6.42 Å². The Bertz CT molecular complexity index is 936. The average molecular weight is 393 g/mol. The van der Waals surface area contributed by atoms with Crippen LogP contribution in [0, 0.1) is 10.1 Å². The first-order valence-electron chi connectivity index (χ1n) is 7.81. The molecule has 0 aliphatic carbocycles. The summed E-state index contributed by atoms with van der Waals surface area (Å²) in [7, 11) is 0. The maximum Gasteiger partial charge on any atom is 0.377 e. The summed E-state index contributed by atoms with van der Waals surface area (Å²) in [6, 6.07) is 12.1. The molecule has 27 heavy (non-hydrogen) atoms. The van der Waals surface area contributed by atoms with E-state index in [0.29, 0.717) is 22.6 Å². The van der Waals surface area contributed by atoms with Gasteiger partial charge in [-0.25, -0.2) is 4.79 Å². The summed E-state index contributed by atoms with van der Waals surface area (Å²) < 4.78 is 15.7. The second-order valence-electron chi connectivity index (χ2n) is 5.25. The minimum Gasteiger partial charge on any atom is -0.460 e. The highest BCUT2D eigenvalue weighted by Crippen LogP contribution is 2.36. The predicted molar refractivity (Wildman–Crippen MR) is 92.5 cm³/mol. The Morgan fingerprint density at radius 2 is 1.96 bits per heavy atom. The Hall–Kier alpha value is -3.33. The van der Waals surface area contributed by atoms with Gasteiger partial charge in [-0.2, -0.15) is 0 Å². The number of carbonyl (C=O) groups is 1. The van der Waals surface area contributed by atoms with Crippen LogP contribution in [0.1, 0.15) is 17.0 Å². The van der Waals surface area contributed by atoms with E-state index in [1.54, 1.807) is 36.4 Å². The molecule has 0 bridgehead atoms. The Morgan fingerprint density at radius 1 is 1.19 bits per heavy atom. The fourth-order valence-corrected chi connectivity index (χ4v) is 2.49. The molecule has 2 heterocycles. The molecular weight excluding hydrogens is 380 g/mol. The number of esters is 1. The molecule has 0 N–H and O–H groups in total. The lowest BCUT2D eigenvalue weighted by Crippen LogP contribution is -2.10. The summed E-state index contributed by atoms with van der Waals surface area (Å²) in [5, 5.41) is 13.3. The smallest absolute Gasteiger partial charge is 0.377 e. The van der Waals surface area contributed by atoms with Crippen molar-refractivity contribution in [2.45, 2.75) is 6.42 Å². The van der Waals surface area contributed by atoms with Gasteiger partial charge in [0.05, 0.1) is 18.8 Å². The number of furan rings is 1. The molecule has 0 unspecified atom stereocenters. The standard InChI is InChI=1S/C17H13ClN2O7/c18-13-8-7-12(26-13)15-14(11-5-2-1-3-6-11)16(27-19-15)17(21)24-9-4-10-25-20(22)23/h1-3,5-8H,4,9-10H2. The zero-order chi connectivity index (χ0) is 19.2. The van der Waals surface area contributed by atoms with Crippen LogP contribution in [0.4, 0.5) is 0 Å². The molecule has 10 heteroatoms. The number of nitrogens with zero attached hydrogens (tertiary/aromatic N) is 2. The van der Waals surface area contributed by atoms with E-state index in [1.807, 2.05) is 6.07 Å². The van der Waals surface area contributed by atoms with E-state index < -0.39 is 11.1 Å². The summed E-state index contributed by atoms with van der Waals surface area (Å²) in [5.41, 5.74) is 1.37. The molecule has 140 valence electrons. The van der Waals surface area contributed by atoms with Crippen molar-refractivity contribution in [3.8, 4) is 22.6 Å². The monoisotopic (exact) mass is 392 g/mol. The van der Waals surface area contributed by atoms with Crippen LogP contribution in [-0.2, 0) is 9.57 Å². The van der Waals surface area contributed by atoms with Gasteiger partial charge in [0.2, 0.25) is 0 Å². The highest BCUT2D eigenvalue weighted by molar-refractivity contribution is 6.29. The predicted octanol–water partition coefficient (Wildman–Crippen LogP) is 4.01. The number of carbonyl (C=O) groups excluding carboxylic acids is 1. The molecule has 0 aliphatic rings. The highest BCUT2D eigenvalue weighted by atomic mass is 35.5. The SMILES string of the molecule is O=C(OCCCO[N+](=O)[O-])c1onc(-c2ccc(Cl)o2)c1-c1ccccc1.